The number of H-pyrrole nitrogens is 1. The third-order valence-corrected chi connectivity index (χ3v) is 3.78. The smallest absolute Gasteiger partial charge is 0.320 e. The molecule has 26 heavy (non-hydrogen) atoms. The van der Waals surface area contributed by atoms with E-state index in [-0.39, 0.29) is 18.2 Å². The Morgan fingerprint density at radius 1 is 1.35 bits per heavy atom. The Kier molecular flexibility index (Phi) is 5.28. The molecule has 0 saturated heterocycles. The van der Waals surface area contributed by atoms with Crippen molar-refractivity contribution >= 4 is 22.8 Å². The van der Waals surface area contributed by atoms with E-state index in [1.165, 1.54) is 19.2 Å². The first-order chi connectivity index (χ1) is 12.6. The first-order valence-electron chi connectivity index (χ1n) is 7.93. The summed E-state index contributed by atoms with van der Waals surface area (Å²) >= 11 is 0. The number of benzene rings is 1. The quantitative estimate of drug-likeness (QED) is 0.537. The number of ether oxygens (including phenoxy) is 1. The number of aliphatic hydroxyl groups is 1. The van der Waals surface area contributed by atoms with Gasteiger partial charge in [0.1, 0.15) is 11.6 Å². The van der Waals surface area contributed by atoms with Gasteiger partial charge in [-0.25, -0.2) is 14.2 Å². The van der Waals surface area contributed by atoms with Gasteiger partial charge in [0, 0.05) is 12.6 Å². The first kappa shape index (κ1) is 17.6. The lowest BCUT2D eigenvalue weighted by Gasteiger charge is -2.09. The molecule has 3 aromatic rings. The molecule has 2 aromatic heterocycles. The molecule has 0 atom stereocenters. The highest BCUT2D eigenvalue weighted by molar-refractivity contribution is 5.93. The molecule has 4 N–H and O–H groups in total. The molecule has 0 aliphatic carbocycles. The number of fused-ring (bicyclic) bond motifs is 1. The number of methoxy groups -OCH3 is 1. The van der Waals surface area contributed by atoms with Crippen molar-refractivity contribution in [3.8, 4) is 5.88 Å². The highest BCUT2D eigenvalue weighted by Gasteiger charge is 2.14. The number of nitrogens with one attached hydrogen (secondary N) is 3. The molecule has 3 rings (SSSR count). The van der Waals surface area contributed by atoms with Crippen LogP contribution >= 0.6 is 0 Å². The van der Waals surface area contributed by atoms with Gasteiger partial charge in [-0.1, -0.05) is 12.1 Å². The number of nitrogens with zero attached hydrogens (tertiary/aromatic N) is 2. The van der Waals surface area contributed by atoms with Crippen LogP contribution in [0.2, 0.25) is 0 Å². The fraction of sp³-hybridized carbons (Fsp3) is 0.235. The summed E-state index contributed by atoms with van der Waals surface area (Å²) in [6.45, 7) is 0.0541. The van der Waals surface area contributed by atoms with Crippen LogP contribution in [0.15, 0.2) is 30.3 Å². The van der Waals surface area contributed by atoms with Crippen molar-refractivity contribution in [2.45, 2.75) is 13.0 Å². The molecule has 2 amide bonds. The van der Waals surface area contributed by atoms with Crippen LogP contribution < -0.4 is 15.4 Å². The molecule has 0 spiro atoms. The summed E-state index contributed by atoms with van der Waals surface area (Å²) in [6, 6.07) is 7.26. The molecule has 0 fully saturated rings. The van der Waals surface area contributed by atoms with Crippen molar-refractivity contribution in [3.05, 3.63) is 47.4 Å². The van der Waals surface area contributed by atoms with Crippen LogP contribution in [0.1, 0.15) is 11.3 Å². The highest BCUT2D eigenvalue weighted by Crippen LogP contribution is 2.27. The van der Waals surface area contributed by atoms with Gasteiger partial charge in [-0.2, -0.15) is 0 Å². The van der Waals surface area contributed by atoms with Gasteiger partial charge in [0.05, 0.1) is 30.3 Å². The summed E-state index contributed by atoms with van der Waals surface area (Å²) in [5, 5.41) is 22.1. The Morgan fingerprint density at radius 2 is 2.12 bits per heavy atom. The van der Waals surface area contributed by atoms with Crippen molar-refractivity contribution in [2.75, 3.05) is 19.0 Å². The first-order valence-corrected chi connectivity index (χ1v) is 7.93. The molecule has 0 radical (unpaired) electrons. The average Bonchev–Trinajstić information content (AvgIpc) is 3.05. The Hall–Kier alpha value is -3.20. The Labute approximate surface area is 148 Å². The molecule has 0 aliphatic rings. The van der Waals surface area contributed by atoms with E-state index in [1.807, 2.05) is 0 Å². The van der Waals surface area contributed by atoms with Crippen molar-refractivity contribution < 1.29 is 19.0 Å². The largest absolute Gasteiger partial charge is 0.479 e. The number of urea groups is 1. The van der Waals surface area contributed by atoms with Crippen molar-refractivity contribution in [1.29, 1.82) is 0 Å². The number of rotatable bonds is 6. The molecule has 0 bridgehead atoms. The zero-order valence-electron chi connectivity index (χ0n) is 14.0. The third kappa shape index (κ3) is 3.89. The second-order valence-electron chi connectivity index (χ2n) is 5.53. The molecule has 8 nitrogen and oxygen atoms in total. The molecule has 9 heteroatoms. The number of pyridine rings is 1. The van der Waals surface area contributed by atoms with E-state index in [4.69, 9.17) is 4.74 Å². The number of amides is 2. The van der Waals surface area contributed by atoms with Crippen LogP contribution in [0.25, 0.3) is 10.9 Å². The SMILES string of the molecule is COc1n[nH]c2cc(NC(=O)NCCc3ccc(F)cc3)nc(CO)c12. The maximum Gasteiger partial charge on any atom is 0.320 e. The van der Waals surface area contributed by atoms with E-state index < -0.39 is 6.03 Å². The molecule has 2 heterocycles. The number of aromatic nitrogens is 3. The van der Waals surface area contributed by atoms with Crippen molar-refractivity contribution in [2.24, 2.45) is 0 Å². The van der Waals surface area contributed by atoms with Crippen LogP contribution in [0.5, 0.6) is 5.88 Å². The van der Waals surface area contributed by atoms with Gasteiger partial charge >= 0.3 is 6.03 Å². The fourth-order valence-corrected chi connectivity index (χ4v) is 2.55. The number of halogens is 1. The van der Waals surface area contributed by atoms with Gasteiger partial charge in [-0.15, -0.1) is 5.10 Å². The van der Waals surface area contributed by atoms with E-state index in [2.05, 4.69) is 25.8 Å². The summed E-state index contributed by atoms with van der Waals surface area (Å²) in [4.78, 5) is 16.2. The normalized spacial score (nSPS) is 10.7. The zero-order chi connectivity index (χ0) is 18.5. The van der Waals surface area contributed by atoms with E-state index in [1.54, 1.807) is 18.2 Å². The van der Waals surface area contributed by atoms with Crippen molar-refractivity contribution in [3.63, 3.8) is 0 Å². The lowest BCUT2D eigenvalue weighted by Crippen LogP contribution is -2.30. The monoisotopic (exact) mass is 359 g/mol. The van der Waals surface area contributed by atoms with E-state index in [0.29, 0.717) is 35.4 Å². The van der Waals surface area contributed by atoms with Crippen LogP contribution in [-0.2, 0) is 13.0 Å². The van der Waals surface area contributed by atoms with Crippen LogP contribution in [0.3, 0.4) is 0 Å². The maximum absolute atomic E-state index is 12.9. The minimum Gasteiger partial charge on any atom is -0.479 e. The summed E-state index contributed by atoms with van der Waals surface area (Å²) in [6.07, 6.45) is 0.569. The topological polar surface area (TPSA) is 112 Å². The molecular weight excluding hydrogens is 341 g/mol. The number of hydrogen-bond acceptors (Lipinski definition) is 5. The highest BCUT2D eigenvalue weighted by atomic mass is 19.1. The second-order valence-corrected chi connectivity index (χ2v) is 5.53. The summed E-state index contributed by atoms with van der Waals surface area (Å²) < 4.78 is 18.0. The number of aromatic amines is 1. The van der Waals surface area contributed by atoms with Crippen molar-refractivity contribution in [1.82, 2.24) is 20.5 Å². The Balaban J connectivity index is 1.62. The van der Waals surface area contributed by atoms with Gasteiger partial charge < -0.3 is 15.2 Å². The van der Waals surface area contributed by atoms with Gasteiger partial charge in [-0.05, 0) is 24.1 Å². The number of aliphatic hydroxyl groups excluding tert-OH is 1. The van der Waals surface area contributed by atoms with Crippen LogP contribution in [-0.4, -0.2) is 40.0 Å². The van der Waals surface area contributed by atoms with Gasteiger partial charge in [0.25, 0.3) is 0 Å². The van der Waals surface area contributed by atoms with E-state index in [0.717, 1.165) is 5.56 Å². The maximum atomic E-state index is 12.9. The Morgan fingerprint density at radius 3 is 2.81 bits per heavy atom. The molecular formula is C17H18FN5O3. The van der Waals surface area contributed by atoms with Crippen LogP contribution in [0.4, 0.5) is 15.0 Å². The standard InChI is InChI=1S/C17H18FN5O3/c1-26-16-15-12(22-23-16)8-14(20-13(15)9-24)21-17(25)19-7-6-10-2-4-11(18)5-3-10/h2-5,8,24H,6-7,9H2,1H3,(H,22,23)(H2,19,20,21,25). The summed E-state index contributed by atoms with van der Waals surface area (Å²) in [5.41, 5.74) is 1.84. The molecule has 0 unspecified atom stereocenters. The number of carbonyl (C=O) groups is 1. The predicted molar refractivity (Wildman–Crippen MR) is 93.5 cm³/mol. The van der Waals surface area contributed by atoms with Gasteiger partial charge in [0.2, 0.25) is 5.88 Å². The zero-order valence-corrected chi connectivity index (χ0v) is 14.0. The summed E-state index contributed by atoms with van der Waals surface area (Å²) in [5.74, 6) is 0.301. The van der Waals surface area contributed by atoms with E-state index in [9.17, 15) is 14.3 Å². The predicted octanol–water partition coefficient (Wildman–Crippen LogP) is 1.96. The average molecular weight is 359 g/mol. The summed E-state index contributed by atoms with van der Waals surface area (Å²) in [7, 11) is 1.47. The van der Waals surface area contributed by atoms with E-state index >= 15 is 0 Å². The van der Waals surface area contributed by atoms with Gasteiger partial charge in [0.15, 0.2) is 0 Å². The molecule has 1 aromatic carbocycles. The third-order valence-electron chi connectivity index (χ3n) is 3.78. The minimum atomic E-state index is -0.436. The van der Waals surface area contributed by atoms with Gasteiger partial charge in [-0.3, -0.25) is 10.4 Å². The number of carbonyl (C=O) groups excluding carboxylic acids is 1. The number of hydrogen-bond donors (Lipinski definition) is 4. The molecule has 136 valence electrons. The Bertz CT molecular complexity index is 911. The molecule has 0 aliphatic heterocycles. The lowest BCUT2D eigenvalue weighted by molar-refractivity contribution is 0.252. The minimum absolute atomic E-state index is 0.270. The fourth-order valence-electron chi connectivity index (χ4n) is 2.55. The van der Waals surface area contributed by atoms with Crippen LogP contribution in [0, 0.1) is 5.82 Å². The second kappa shape index (κ2) is 7.79. The molecule has 0 saturated carbocycles. The number of anilines is 1. The lowest BCUT2D eigenvalue weighted by atomic mass is 10.1.